The number of hydrogen-bond donors (Lipinski definition) is 0. The highest BCUT2D eigenvalue weighted by molar-refractivity contribution is 6.23. The lowest BCUT2D eigenvalue weighted by Crippen LogP contribution is -2.18. The SMILES string of the molecule is Cc1ccccc1-c1c2c(c(-c3ccccc3)c3cc4ccccc4cc13)C1=CC=C3c4c(c(-c5ccccc5)c5c(c4-c4ccccc4)C=C=C5)C4=CC=C2C1C34. The maximum atomic E-state index is 3.54. The predicted molar refractivity (Wildman–Crippen MR) is 246 cm³/mol. The van der Waals surface area contributed by atoms with E-state index in [0.717, 1.165) is 0 Å². The summed E-state index contributed by atoms with van der Waals surface area (Å²) >= 11 is 0. The van der Waals surface area contributed by atoms with Crippen molar-refractivity contribution < 1.29 is 0 Å². The van der Waals surface area contributed by atoms with Crippen LogP contribution >= 0.6 is 0 Å². The number of benzene rings is 8. The first-order valence-corrected chi connectivity index (χ1v) is 20.5. The van der Waals surface area contributed by atoms with Gasteiger partial charge in [-0.2, -0.15) is 0 Å². The van der Waals surface area contributed by atoms with Crippen LogP contribution in [0.4, 0.5) is 0 Å². The summed E-state index contributed by atoms with van der Waals surface area (Å²) in [6.07, 6.45) is 14.5. The summed E-state index contributed by atoms with van der Waals surface area (Å²) in [5.74, 6) is 0.380. The fraction of sp³-hybridized carbons (Fsp3) is 0.0517. The summed E-state index contributed by atoms with van der Waals surface area (Å²) in [4.78, 5) is 0. The van der Waals surface area contributed by atoms with Crippen LogP contribution in [0.2, 0.25) is 0 Å². The zero-order valence-corrected chi connectivity index (χ0v) is 32.1. The van der Waals surface area contributed by atoms with Crippen molar-refractivity contribution in [2.45, 2.75) is 6.92 Å². The highest BCUT2D eigenvalue weighted by Gasteiger charge is 2.51. The van der Waals surface area contributed by atoms with Gasteiger partial charge in [0.05, 0.1) is 0 Å². The molecule has 0 fully saturated rings. The normalized spacial score (nSPS) is 17.4. The Labute approximate surface area is 338 Å². The molecule has 0 saturated carbocycles. The zero-order valence-electron chi connectivity index (χ0n) is 32.1. The van der Waals surface area contributed by atoms with Gasteiger partial charge in [-0.25, -0.2) is 0 Å². The molecule has 8 aromatic rings. The van der Waals surface area contributed by atoms with Crippen LogP contribution in [0.15, 0.2) is 182 Å². The van der Waals surface area contributed by atoms with Crippen LogP contribution in [0.3, 0.4) is 0 Å². The van der Waals surface area contributed by atoms with Gasteiger partial charge in [-0.05, 0) is 158 Å². The average Bonchev–Trinajstić information content (AvgIpc) is 3.98. The number of rotatable bonds is 4. The topological polar surface area (TPSA) is 0 Å². The summed E-state index contributed by atoms with van der Waals surface area (Å²) in [5.41, 5.74) is 29.1. The van der Waals surface area contributed by atoms with Gasteiger partial charge in [0.2, 0.25) is 0 Å². The molecule has 8 aromatic carbocycles. The molecule has 13 rings (SSSR count). The van der Waals surface area contributed by atoms with E-state index in [1.807, 2.05) is 0 Å². The standard InChI is InChI=1S/C58H36/c1-34-16-11-14-25-40(34)52-48-33-39-24-13-12-23-38(39)32-47(48)51(37-21-9-4-10-22-37)57-45-29-28-43-53-44(30-31-46(54(45)53)58(52)57)56-50(36-19-7-3-8-20-36)42-27-15-26-41(42)49(55(43)56)35-17-5-2-6-18-35/h2-14,16-33,53-54H,1H3. The largest absolute Gasteiger partial charge is 0.119 e. The first-order valence-electron chi connectivity index (χ1n) is 20.5. The molecule has 0 heteroatoms. The quantitative estimate of drug-likeness (QED) is 0.125. The molecule has 2 atom stereocenters. The lowest BCUT2D eigenvalue weighted by Gasteiger charge is -2.31. The lowest BCUT2D eigenvalue weighted by atomic mass is 9.71. The van der Waals surface area contributed by atoms with Crippen molar-refractivity contribution in [1.29, 1.82) is 0 Å². The molecule has 0 N–H and O–H groups in total. The molecular formula is C58H36. The molecule has 268 valence electrons. The molecule has 0 nitrogen and oxygen atoms in total. The Bertz CT molecular complexity index is 3340. The average molecular weight is 733 g/mol. The fourth-order valence-electron chi connectivity index (χ4n) is 11.3. The van der Waals surface area contributed by atoms with Crippen LogP contribution in [0.5, 0.6) is 0 Å². The van der Waals surface area contributed by atoms with E-state index in [-0.39, 0.29) is 11.8 Å². The Balaban J connectivity index is 1.18. The molecule has 0 aliphatic heterocycles. The monoisotopic (exact) mass is 732 g/mol. The third kappa shape index (κ3) is 4.20. The van der Waals surface area contributed by atoms with Crippen molar-refractivity contribution in [3.8, 4) is 44.5 Å². The maximum Gasteiger partial charge on any atom is 0.0212 e. The highest BCUT2D eigenvalue weighted by atomic mass is 14.5. The summed E-state index contributed by atoms with van der Waals surface area (Å²) in [6.45, 7) is 2.28. The van der Waals surface area contributed by atoms with Crippen LogP contribution in [0.1, 0.15) is 38.9 Å². The summed E-state index contributed by atoms with van der Waals surface area (Å²) in [5, 5.41) is 5.17. The van der Waals surface area contributed by atoms with E-state index in [4.69, 9.17) is 0 Å². The van der Waals surface area contributed by atoms with E-state index in [0.29, 0.717) is 0 Å². The molecule has 58 heavy (non-hydrogen) atoms. The van der Waals surface area contributed by atoms with Gasteiger partial charge in [0, 0.05) is 11.8 Å². The molecule has 0 radical (unpaired) electrons. The Hall–Kier alpha value is -7.24. The van der Waals surface area contributed by atoms with Gasteiger partial charge in [-0.15, -0.1) is 5.73 Å². The van der Waals surface area contributed by atoms with Gasteiger partial charge in [0.15, 0.2) is 0 Å². The van der Waals surface area contributed by atoms with Gasteiger partial charge in [0.1, 0.15) is 0 Å². The van der Waals surface area contributed by atoms with Crippen molar-refractivity contribution in [2.75, 3.05) is 0 Å². The molecule has 0 aromatic heterocycles. The Kier molecular flexibility index (Phi) is 6.54. The summed E-state index contributed by atoms with van der Waals surface area (Å²) < 4.78 is 0. The van der Waals surface area contributed by atoms with Gasteiger partial charge >= 0.3 is 0 Å². The minimum Gasteiger partial charge on any atom is -0.119 e. The zero-order chi connectivity index (χ0) is 38.1. The Morgan fingerprint density at radius 3 is 1.22 bits per heavy atom. The first-order chi connectivity index (χ1) is 28.7. The van der Waals surface area contributed by atoms with Crippen molar-refractivity contribution in [3.05, 3.63) is 221 Å². The number of fused-ring (bicyclic) bond motifs is 9. The summed E-state index contributed by atoms with van der Waals surface area (Å²) in [6, 6.07) is 56.1. The molecular weight excluding hydrogens is 697 g/mol. The molecule has 5 aliphatic rings. The predicted octanol–water partition coefficient (Wildman–Crippen LogP) is 15.1. The van der Waals surface area contributed by atoms with Gasteiger partial charge in [-0.1, -0.05) is 164 Å². The second kappa shape index (κ2) is 11.9. The van der Waals surface area contributed by atoms with E-state index < -0.39 is 0 Å². The molecule has 5 aliphatic carbocycles. The van der Waals surface area contributed by atoms with Crippen molar-refractivity contribution in [2.24, 2.45) is 11.8 Å². The van der Waals surface area contributed by atoms with Gasteiger partial charge in [-0.3, -0.25) is 0 Å². The van der Waals surface area contributed by atoms with Crippen LogP contribution < -0.4 is 0 Å². The smallest absolute Gasteiger partial charge is 0.0212 e. The van der Waals surface area contributed by atoms with Gasteiger partial charge in [0.25, 0.3) is 0 Å². The van der Waals surface area contributed by atoms with Crippen LogP contribution in [-0.4, -0.2) is 0 Å². The Morgan fingerprint density at radius 2 is 0.741 bits per heavy atom. The van der Waals surface area contributed by atoms with Crippen molar-refractivity contribution in [3.63, 3.8) is 0 Å². The third-order valence-corrected chi connectivity index (χ3v) is 13.5. The minimum absolute atomic E-state index is 0.187. The fourth-order valence-corrected chi connectivity index (χ4v) is 11.3. The second-order valence-electron chi connectivity index (χ2n) is 16.4. The van der Waals surface area contributed by atoms with Crippen LogP contribution in [0, 0.1) is 18.8 Å². The van der Waals surface area contributed by atoms with Crippen LogP contribution in [-0.2, 0) is 0 Å². The third-order valence-electron chi connectivity index (χ3n) is 13.5. The highest BCUT2D eigenvalue weighted by Crippen LogP contribution is 2.68. The number of allylic oxidation sites excluding steroid dienone is 8. The van der Waals surface area contributed by atoms with Gasteiger partial charge < -0.3 is 0 Å². The van der Waals surface area contributed by atoms with Crippen molar-refractivity contribution >= 4 is 56.0 Å². The number of hydrogen-bond acceptors (Lipinski definition) is 0. The van der Waals surface area contributed by atoms with E-state index in [1.54, 1.807) is 0 Å². The van der Waals surface area contributed by atoms with E-state index >= 15 is 0 Å². The Morgan fingerprint density at radius 1 is 0.362 bits per heavy atom. The van der Waals surface area contributed by atoms with E-state index in [9.17, 15) is 0 Å². The number of aryl methyl sites for hydroxylation is 1. The molecule has 2 unspecified atom stereocenters. The second-order valence-corrected chi connectivity index (χ2v) is 16.4. The molecule has 0 amide bonds. The molecule has 0 heterocycles. The minimum atomic E-state index is 0.187. The molecule has 0 saturated heterocycles. The van der Waals surface area contributed by atoms with Crippen molar-refractivity contribution in [1.82, 2.24) is 0 Å². The first kappa shape index (κ1) is 31.9. The molecule has 0 bridgehead atoms. The lowest BCUT2D eigenvalue weighted by molar-refractivity contribution is 0.759. The molecule has 0 spiro atoms. The summed E-state index contributed by atoms with van der Waals surface area (Å²) in [7, 11) is 0. The maximum absolute atomic E-state index is 3.54. The van der Waals surface area contributed by atoms with E-state index in [2.05, 4.69) is 201 Å². The van der Waals surface area contributed by atoms with Crippen LogP contribution in [0.25, 0.3) is 100 Å². The van der Waals surface area contributed by atoms with E-state index in [1.165, 1.54) is 127 Å².